The van der Waals surface area contributed by atoms with Crippen molar-refractivity contribution in [3.8, 4) is 11.5 Å². The molecule has 0 aliphatic rings. The second-order valence-corrected chi connectivity index (χ2v) is 6.83. The second kappa shape index (κ2) is 7.72. The molecule has 0 radical (unpaired) electrons. The zero-order valence-corrected chi connectivity index (χ0v) is 16.1. The highest BCUT2D eigenvalue weighted by Crippen LogP contribution is 2.32. The highest BCUT2D eigenvalue weighted by atomic mass is 16.6. The van der Waals surface area contributed by atoms with Gasteiger partial charge < -0.3 is 13.9 Å². The van der Waals surface area contributed by atoms with E-state index in [4.69, 9.17) is 13.9 Å². The van der Waals surface area contributed by atoms with Gasteiger partial charge in [0.25, 0.3) is 0 Å². The van der Waals surface area contributed by atoms with E-state index in [1.54, 1.807) is 6.07 Å². The molecule has 0 saturated heterocycles. The summed E-state index contributed by atoms with van der Waals surface area (Å²) in [4.78, 5) is 22.8. The molecule has 3 rings (SSSR count). The van der Waals surface area contributed by atoms with Gasteiger partial charge >= 0.3 is 11.3 Å². The Kier molecular flexibility index (Phi) is 5.35. The Labute approximate surface area is 161 Å². The first-order valence-electron chi connectivity index (χ1n) is 8.82. The van der Waals surface area contributed by atoms with E-state index < -0.39 is 10.5 Å². The minimum absolute atomic E-state index is 0.00410. The smallest absolute Gasteiger partial charge is 0.336 e. The largest absolute Gasteiger partial charge is 0.496 e. The normalized spacial score (nSPS) is 11.0. The monoisotopic (exact) mass is 383 g/mol. The fraction of sp³-hybridized carbons (Fsp3) is 0.286. The van der Waals surface area contributed by atoms with Gasteiger partial charge in [0.1, 0.15) is 17.9 Å². The molecule has 0 amide bonds. The number of benzene rings is 2. The molecule has 7 nitrogen and oxygen atoms in total. The molecule has 0 aliphatic carbocycles. The quantitative estimate of drug-likeness (QED) is 0.347. The number of nitro groups is 1. The van der Waals surface area contributed by atoms with Gasteiger partial charge in [-0.3, -0.25) is 10.1 Å². The summed E-state index contributed by atoms with van der Waals surface area (Å²) in [6.45, 7) is 6.14. The lowest BCUT2D eigenvalue weighted by Gasteiger charge is -2.13. The van der Waals surface area contributed by atoms with Crippen molar-refractivity contribution >= 4 is 16.7 Å². The molecule has 28 heavy (non-hydrogen) atoms. The maximum Gasteiger partial charge on any atom is 0.336 e. The van der Waals surface area contributed by atoms with Crippen LogP contribution in [0.4, 0.5) is 5.69 Å². The Hall–Kier alpha value is -3.35. The van der Waals surface area contributed by atoms with Crippen LogP contribution >= 0.6 is 0 Å². The van der Waals surface area contributed by atoms with Crippen molar-refractivity contribution in [2.45, 2.75) is 33.3 Å². The number of nitro benzene ring substituents is 1. The van der Waals surface area contributed by atoms with Crippen LogP contribution in [0.15, 0.2) is 45.6 Å². The van der Waals surface area contributed by atoms with E-state index in [0.717, 1.165) is 16.5 Å². The molecule has 3 aromatic rings. The topological polar surface area (TPSA) is 91.8 Å². The summed E-state index contributed by atoms with van der Waals surface area (Å²) in [5.41, 5.74) is 2.56. The molecular weight excluding hydrogens is 362 g/mol. The molecule has 146 valence electrons. The molecule has 0 saturated carbocycles. The van der Waals surface area contributed by atoms with Gasteiger partial charge in [-0.05, 0) is 48.2 Å². The van der Waals surface area contributed by atoms with Crippen LogP contribution in [0.5, 0.6) is 11.5 Å². The predicted octanol–water partition coefficient (Wildman–Crippen LogP) is 4.72. The first kappa shape index (κ1) is 19.4. The highest BCUT2D eigenvalue weighted by Gasteiger charge is 2.18. The van der Waals surface area contributed by atoms with Crippen molar-refractivity contribution in [1.82, 2.24) is 0 Å². The predicted molar refractivity (Wildman–Crippen MR) is 105 cm³/mol. The second-order valence-electron chi connectivity index (χ2n) is 6.83. The first-order valence-corrected chi connectivity index (χ1v) is 8.82. The number of nitrogens with zero attached hydrogens (tertiary/aromatic N) is 1. The lowest BCUT2D eigenvalue weighted by atomic mass is 9.95. The van der Waals surface area contributed by atoms with Crippen LogP contribution in [0.1, 0.15) is 36.5 Å². The minimum Gasteiger partial charge on any atom is -0.496 e. The van der Waals surface area contributed by atoms with Gasteiger partial charge in [-0.15, -0.1) is 0 Å². The van der Waals surface area contributed by atoms with Gasteiger partial charge in [0.05, 0.1) is 18.1 Å². The van der Waals surface area contributed by atoms with E-state index in [1.807, 2.05) is 19.1 Å². The van der Waals surface area contributed by atoms with E-state index in [9.17, 15) is 14.9 Å². The first-order chi connectivity index (χ1) is 13.3. The average molecular weight is 383 g/mol. The summed E-state index contributed by atoms with van der Waals surface area (Å²) in [6, 6.07) is 9.54. The summed E-state index contributed by atoms with van der Waals surface area (Å²) >= 11 is 0. The molecule has 7 heteroatoms. The lowest BCUT2D eigenvalue weighted by Crippen LogP contribution is -2.06. The maximum absolute atomic E-state index is 12.0. The van der Waals surface area contributed by atoms with Crippen molar-refractivity contribution in [3.63, 3.8) is 0 Å². The highest BCUT2D eigenvalue weighted by molar-refractivity contribution is 5.82. The van der Waals surface area contributed by atoms with Crippen molar-refractivity contribution in [3.05, 3.63) is 73.6 Å². The van der Waals surface area contributed by atoms with Crippen molar-refractivity contribution in [2.24, 2.45) is 0 Å². The van der Waals surface area contributed by atoms with Crippen LogP contribution < -0.4 is 15.1 Å². The summed E-state index contributed by atoms with van der Waals surface area (Å²) < 4.78 is 16.1. The van der Waals surface area contributed by atoms with Crippen molar-refractivity contribution in [2.75, 3.05) is 7.11 Å². The molecule has 0 N–H and O–H groups in total. The van der Waals surface area contributed by atoms with E-state index in [1.165, 1.54) is 25.3 Å². The molecular formula is C21H21NO6. The Bertz CT molecular complexity index is 1100. The van der Waals surface area contributed by atoms with E-state index in [-0.39, 0.29) is 18.0 Å². The van der Waals surface area contributed by atoms with E-state index in [2.05, 4.69) is 13.8 Å². The molecule has 1 heterocycles. The maximum atomic E-state index is 12.0. The fourth-order valence-corrected chi connectivity index (χ4v) is 3.18. The number of fused-ring (bicyclic) bond motifs is 1. The van der Waals surface area contributed by atoms with E-state index >= 15 is 0 Å². The molecule has 0 atom stereocenters. The third-order valence-electron chi connectivity index (χ3n) is 4.58. The van der Waals surface area contributed by atoms with Gasteiger partial charge in [-0.25, -0.2) is 4.79 Å². The lowest BCUT2D eigenvalue weighted by molar-refractivity contribution is -0.386. The molecule has 0 bridgehead atoms. The fourth-order valence-electron chi connectivity index (χ4n) is 3.18. The molecule has 0 aliphatic heterocycles. The summed E-state index contributed by atoms with van der Waals surface area (Å²) in [7, 11) is 1.43. The van der Waals surface area contributed by atoms with E-state index in [0.29, 0.717) is 22.8 Å². The summed E-state index contributed by atoms with van der Waals surface area (Å²) in [5, 5.41) is 12.1. The number of hydrogen-bond donors (Lipinski definition) is 0. The average Bonchev–Trinajstić information content (AvgIpc) is 2.64. The number of aryl methyl sites for hydroxylation is 1. The number of methoxy groups -OCH3 is 1. The van der Waals surface area contributed by atoms with Crippen molar-refractivity contribution < 1.29 is 18.8 Å². The van der Waals surface area contributed by atoms with Crippen molar-refractivity contribution in [1.29, 1.82) is 0 Å². The Balaban J connectivity index is 2.02. The van der Waals surface area contributed by atoms with Gasteiger partial charge in [0.15, 0.2) is 5.75 Å². The Morgan fingerprint density at radius 3 is 2.57 bits per heavy atom. The molecule has 2 aromatic carbocycles. The summed E-state index contributed by atoms with van der Waals surface area (Å²) in [6.07, 6.45) is 0. The number of ether oxygens (including phenoxy) is 2. The van der Waals surface area contributed by atoms with Gasteiger partial charge in [0.2, 0.25) is 0 Å². The number of hydrogen-bond acceptors (Lipinski definition) is 6. The third-order valence-corrected chi connectivity index (χ3v) is 4.58. The van der Waals surface area contributed by atoms with Gasteiger partial charge in [0, 0.05) is 17.0 Å². The standard InChI is InChI=1S/C21H21NO6/c1-12(2)16-10-17-14(8-21(23)28-20(17)7-13(16)3)11-27-19-6-5-15(26-4)9-18(19)22(24)25/h5-10,12H,11H2,1-4H3. The van der Waals surface area contributed by atoms with Gasteiger partial charge in [-0.1, -0.05) is 13.8 Å². The molecule has 0 fully saturated rings. The van der Waals surface area contributed by atoms with Crippen LogP contribution in [0.25, 0.3) is 11.0 Å². The minimum atomic E-state index is -0.532. The molecule has 0 unspecified atom stereocenters. The zero-order chi connectivity index (χ0) is 20.4. The van der Waals surface area contributed by atoms with Crippen LogP contribution in [0.2, 0.25) is 0 Å². The molecule has 0 spiro atoms. The summed E-state index contributed by atoms with van der Waals surface area (Å²) in [5.74, 6) is 0.762. The van der Waals surface area contributed by atoms with Crippen LogP contribution in [-0.2, 0) is 6.61 Å². The van der Waals surface area contributed by atoms with Crippen LogP contribution in [0.3, 0.4) is 0 Å². The van der Waals surface area contributed by atoms with Crippen LogP contribution in [0, 0.1) is 17.0 Å². The SMILES string of the molecule is COc1ccc(OCc2cc(=O)oc3cc(C)c(C(C)C)cc23)c([N+](=O)[O-])c1. The Morgan fingerprint density at radius 1 is 1.18 bits per heavy atom. The zero-order valence-electron chi connectivity index (χ0n) is 16.1. The number of rotatable bonds is 6. The third kappa shape index (κ3) is 3.83. The van der Waals surface area contributed by atoms with Gasteiger partial charge in [-0.2, -0.15) is 0 Å². The Morgan fingerprint density at radius 2 is 1.93 bits per heavy atom. The van der Waals surface area contributed by atoms with Crippen LogP contribution in [-0.4, -0.2) is 12.0 Å². The molecule has 1 aromatic heterocycles.